The van der Waals surface area contributed by atoms with Crippen molar-refractivity contribution in [2.24, 2.45) is 0 Å². The number of esters is 1. The molecule has 1 fully saturated rings. The van der Waals surface area contributed by atoms with E-state index in [-0.39, 0.29) is 19.0 Å². The predicted octanol–water partition coefficient (Wildman–Crippen LogP) is -0.232. The Labute approximate surface area is 136 Å². The van der Waals surface area contributed by atoms with Crippen LogP contribution in [0.1, 0.15) is 18.0 Å². The van der Waals surface area contributed by atoms with E-state index in [9.17, 15) is 13.2 Å². The van der Waals surface area contributed by atoms with Crippen molar-refractivity contribution in [2.45, 2.75) is 12.5 Å². The second kappa shape index (κ2) is 7.82. The average Bonchev–Trinajstić information content (AvgIpc) is 2.60. The van der Waals surface area contributed by atoms with Gasteiger partial charge in [-0.25, -0.2) is 0 Å². The lowest BCUT2D eigenvalue weighted by Crippen LogP contribution is -2.52. The summed E-state index contributed by atoms with van der Waals surface area (Å²) < 4.78 is 32.8. The zero-order valence-electron chi connectivity index (χ0n) is 13.3. The van der Waals surface area contributed by atoms with Crippen LogP contribution in [-0.4, -0.2) is 68.3 Å². The van der Waals surface area contributed by atoms with E-state index >= 15 is 0 Å². The van der Waals surface area contributed by atoms with E-state index in [4.69, 9.17) is 0 Å². The summed E-state index contributed by atoms with van der Waals surface area (Å²) in [6.07, 6.45) is 3.35. The Kier molecular flexibility index (Phi) is 6.05. The second-order valence-corrected chi connectivity index (χ2v) is 7.26. The van der Waals surface area contributed by atoms with E-state index in [1.54, 1.807) is 18.5 Å². The van der Waals surface area contributed by atoms with Crippen LogP contribution in [0.4, 0.5) is 0 Å². The fraction of sp³-hybridized carbons (Fsp3) is 0.571. The summed E-state index contributed by atoms with van der Waals surface area (Å²) in [5.41, 5.74) is 0.838. The molecule has 1 atom stereocenters. The lowest BCUT2D eigenvalue weighted by atomic mass is 10.1. The molecule has 1 aliphatic heterocycles. The van der Waals surface area contributed by atoms with E-state index in [0.29, 0.717) is 19.6 Å². The molecule has 2 rings (SSSR count). The van der Waals surface area contributed by atoms with Gasteiger partial charge in [0.05, 0.1) is 19.6 Å². The van der Waals surface area contributed by atoms with Gasteiger partial charge in [-0.15, -0.1) is 0 Å². The largest absolute Gasteiger partial charge is 0.469 e. The van der Waals surface area contributed by atoms with Crippen LogP contribution in [0.25, 0.3) is 0 Å². The van der Waals surface area contributed by atoms with Crippen molar-refractivity contribution in [3.8, 4) is 0 Å². The Bertz CT molecular complexity index is 623. The minimum absolute atomic E-state index is 0.0237. The maximum Gasteiger partial charge on any atom is 0.306 e. The van der Waals surface area contributed by atoms with Crippen LogP contribution in [0.2, 0.25) is 0 Å². The van der Waals surface area contributed by atoms with Crippen LogP contribution in [0, 0.1) is 0 Å². The molecule has 0 bridgehead atoms. The molecule has 0 aliphatic carbocycles. The molecule has 2 heterocycles. The first-order valence-corrected chi connectivity index (χ1v) is 8.77. The number of hydrogen-bond donors (Lipinski definition) is 1. The highest BCUT2D eigenvalue weighted by atomic mass is 32.2. The molecule has 9 heteroatoms. The Morgan fingerprint density at radius 2 is 2.35 bits per heavy atom. The number of ether oxygens (including phenoxy) is 1. The van der Waals surface area contributed by atoms with Crippen molar-refractivity contribution in [3.63, 3.8) is 0 Å². The lowest BCUT2D eigenvalue weighted by Gasteiger charge is -2.37. The van der Waals surface area contributed by atoms with Gasteiger partial charge in [0, 0.05) is 45.6 Å². The Morgan fingerprint density at radius 1 is 1.57 bits per heavy atom. The van der Waals surface area contributed by atoms with E-state index in [1.807, 2.05) is 6.07 Å². The maximum atomic E-state index is 12.8. The van der Waals surface area contributed by atoms with Gasteiger partial charge >= 0.3 is 5.97 Å². The third-order valence-electron chi connectivity index (χ3n) is 3.81. The van der Waals surface area contributed by atoms with Crippen LogP contribution in [0.5, 0.6) is 0 Å². The highest BCUT2D eigenvalue weighted by Crippen LogP contribution is 2.25. The summed E-state index contributed by atoms with van der Waals surface area (Å²) in [7, 11) is -0.916. The fourth-order valence-corrected chi connectivity index (χ4v) is 3.98. The van der Waals surface area contributed by atoms with Crippen molar-refractivity contribution >= 4 is 16.2 Å². The maximum absolute atomic E-state index is 12.8. The molecule has 1 unspecified atom stereocenters. The molecule has 1 aliphatic rings. The van der Waals surface area contributed by atoms with E-state index in [1.165, 1.54) is 22.8 Å². The molecule has 8 nitrogen and oxygen atoms in total. The van der Waals surface area contributed by atoms with Crippen LogP contribution in [0.15, 0.2) is 24.5 Å². The molecular weight excluding hydrogens is 320 g/mol. The monoisotopic (exact) mass is 342 g/mol. The Morgan fingerprint density at radius 3 is 3.00 bits per heavy atom. The highest BCUT2D eigenvalue weighted by molar-refractivity contribution is 7.86. The van der Waals surface area contributed by atoms with Gasteiger partial charge in [-0.05, 0) is 11.6 Å². The third kappa shape index (κ3) is 4.25. The number of piperazine rings is 1. The zero-order valence-corrected chi connectivity index (χ0v) is 14.1. The van der Waals surface area contributed by atoms with E-state index in [2.05, 4.69) is 15.0 Å². The van der Waals surface area contributed by atoms with E-state index < -0.39 is 16.2 Å². The molecule has 1 saturated heterocycles. The molecule has 1 aromatic heterocycles. The summed E-state index contributed by atoms with van der Waals surface area (Å²) in [5.74, 6) is -0.434. The number of aromatic nitrogens is 1. The summed E-state index contributed by atoms with van der Waals surface area (Å²) in [6, 6.07) is 3.33. The smallest absolute Gasteiger partial charge is 0.306 e. The predicted molar refractivity (Wildman–Crippen MR) is 84.7 cm³/mol. The first-order valence-electron chi connectivity index (χ1n) is 7.37. The van der Waals surface area contributed by atoms with Gasteiger partial charge in [0.2, 0.25) is 0 Å². The van der Waals surface area contributed by atoms with Gasteiger partial charge in [-0.2, -0.15) is 17.0 Å². The first kappa shape index (κ1) is 17.8. The van der Waals surface area contributed by atoms with Crippen molar-refractivity contribution in [2.75, 3.05) is 40.3 Å². The average molecular weight is 342 g/mol. The van der Waals surface area contributed by atoms with Crippen LogP contribution < -0.4 is 5.32 Å². The quantitative estimate of drug-likeness (QED) is 0.718. The van der Waals surface area contributed by atoms with Gasteiger partial charge in [0.15, 0.2) is 0 Å². The van der Waals surface area contributed by atoms with Gasteiger partial charge in [0.1, 0.15) is 0 Å². The van der Waals surface area contributed by atoms with Crippen molar-refractivity contribution in [1.82, 2.24) is 18.9 Å². The van der Waals surface area contributed by atoms with Gasteiger partial charge in [-0.1, -0.05) is 6.07 Å². The summed E-state index contributed by atoms with van der Waals surface area (Å²) in [5, 5.41) is 3.21. The first-order chi connectivity index (χ1) is 11.0. The Hall–Kier alpha value is -1.55. The molecule has 0 saturated carbocycles. The molecule has 0 amide bonds. The van der Waals surface area contributed by atoms with Gasteiger partial charge < -0.3 is 10.1 Å². The van der Waals surface area contributed by atoms with E-state index in [0.717, 1.165) is 5.56 Å². The number of rotatable bonds is 6. The van der Waals surface area contributed by atoms with Crippen molar-refractivity contribution in [1.29, 1.82) is 0 Å². The number of pyridine rings is 1. The number of carbonyl (C=O) groups is 1. The van der Waals surface area contributed by atoms with Crippen LogP contribution >= 0.6 is 0 Å². The fourth-order valence-electron chi connectivity index (χ4n) is 2.46. The molecule has 0 aromatic carbocycles. The van der Waals surface area contributed by atoms with Gasteiger partial charge in [0.25, 0.3) is 10.2 Å². The number of nitrogens with zero attached hydrogens (tertiary/aromatic N) is 3. The normalized spacial score (nSPS) is 19.7. The molecule has 0 radical (unpaired) electrons. The van der Waals surface area contributed by atoms with Crippen LogP contribution in [0.3, 0.4) is 0 Å². The summed E-state index contributed by atoms with van der Waals surface area (Å²) in [6.45, 7) is 1.56. The minimum Gasteiger partial charge on any atom is -0.469 e. The molecular formula is C14H22N4O4S. The topological polar surface area (TPSA) is 91.8 Å². The number of nitrogens with one attached hydrogen (secondary N) is 1. The number of carbonyl (C=O) groups excluding carboxylic acids is 1. The standard InChI is InChI=1S/C14H22N4O4S/c1-17(8-5-14(19)22-2)23(20,21)18-9-7-16-11-13(18)12-4-3-6-15-10-12/h3-4,6,10,13,16H,5,7-9,11H2,1-2H3. The highest BCUT2D eigenvalue weighted by Gasteiger charge is 2.36. The molecule has 128 valence electrons. The SMILES string of the molecule is COC(=O)CCN(C)S(=O)(=O)N1CCNCC1c1cccnc1. The number of methoxy groups -OCH3 is 1. The number of hydrogen-bond acceptors (Lipinski definition) is 6. The molecule has 1 aromatic rings. The summed E-state index contributed by atoms with van der Waals surface area (Å²) in [4.78, 5) is 15.3. The zero-order chi connectivity index (χ0) is 16.9. The molecule has 0 spiro atoms. The molecule has 23 heavy (non-hydrogen) atoms. The Balaban J connectivity index is 2.16. The third-order valence-corrected chi connectivity index (χ3v) is 5.81. The van der Waals surface area contributed by atoms with Crippen molar-refractivity contribution in [3.05, 3.63) is 30.1 Å². The van der Waals surface area contributed by atoms with Crippen molar-refractivity contribution < 1.29 is 17.9 Å². The second-order valence-electron chi connectivity index (χ2n) is 5.27. The van der Waals surface area contributed by atoms with Crippen LogP contribution in [-0.2, 0) is 19.7 Å². The summed E-state index contributed by atoms with van der Waals surface area (Å²) >= 11 is 0. The lowest BCUT2D eigenvalue weighted by molar-refractivity contribution is -0.140. The molecule has 1 N–H and O–H groups in total. The minimum atomic E-state index is -3.67. The van der Waals surface area contributed by atoms with Gasteiger partial charge in [-0.3, -0.25) is 9.78 Å².